The van der Waals surface area contributed by atoms with Crippen LogP contribution in [0, 0.1) is 0 Å². The van der Waals surface area contributed by atoms with Gasteiger partial charge in [0.05, 0.1) is 6.04 Å². The zero-order valence-corrected chi connectivity index (χ0v) is 13.4. The average Bonchev–Trinajstić information content (AvgIpc) is 3.24. The van der Waals surface area contributed by atoms with E-state index in [2.05, 4.69) is 11.4 Å². The Hall–Kier alpha value is -1.78. The minimum atomic E-state index is -0.0387. The maximum atomic E-state index is 12.8. The number of carbonyl (C=O) groups is 1. The summed E-state index contributed by atoms with van der Waals surface area (Å²) in [7, 11) is 0. The van der Waals surface area contributed by atoms with Crippen LogP contribution in [0.5, 0.6) is 0 Å². The van der Waals surface area contributed by atoms with Gasteiger partial charge in [-0.05, 0) is 48.6 Å². The number of furan rings is 1. The number of benzene rings is 1. The van der Waals surface area contributed by atoms with Crippen LogP contribution in [0.1, 0.15) is 34.3 Å². The van der Waals surface area contributed by atoms with Crippen molar-refractivity contribution >= 4 is 39.8 Å². The van der Waals surface area contributed by atoms with Gasteiger partial charge in [-0.1, -0.05) is 17.7 Å². The highest BCUT2D eigenvalue weighted by Gasteiger charge is 2.32. The molecule has 0 unspecified atom stereocenters. The molecule has 0 N–H and O–H groups in total. The molecular formula is C17H14ClNO2S. The van der Waals surface area contributed by atoms with Gasteiger partial charge in [-0.25, -0.2) is 0 Å². The van der Waals surface area contributed by atoms with Crippen LogP contribution < -0.4 is 0 Å². The molecule has 4 rings (SSSR count). The molecule has 1 aromatic carbocycles. The molecule has 5 heteroatoms. The molecule has 1 aliphatic heterocycles. The number of nitrogens with zero attached hydrogens (tertiary/aromatic N) is 1. The van der Waals surface area contributed by atoms with E-state index >= 15 is 0 Å². The topological polar surface area (TPSA) is 33.5 Å². The first-order valence-corrected chi connectivity index (χ1v) is 8.51. The average molecular weight is 332 g/mol. The Kier molecular flexibility index (Phi) is 3.43. The highest BCUT2D eigenvalue weighted by atomic mass is 35.5. The normalized spacial score (nSPS) is 18.2. The van der Waals surface area contributed by atoms with Crippen molar-refractivity contribution in [2.45, 2.75) is 18.9 Å². The lowest BCUT2D eigenvalue weighted by atomic mass is 10.2. The largest absolute Gasteiger partial charge is 0.451 e. The molecule has 0 saturated carbocycles. The first kappa shape index (κ1) is 13.9. The molecule has 1 atom stereocenters. The van der Waals surface area contributed by atoms with Gasteiger partial charge in [0, 0.05) is 21.8 Å². The van der Waals surface area contributed by atoms with Crippen molar-refractivity contribution < 1.29 is 9.21 Å². The van der Waals surface area contributed by atoms with E-state index in [9.17, 15) is 4.79 Å². The van der Waals surface area contributed by atoms with E-state index < -0.39 is 0 Å². The molecule has 1 saturated heterocycles. The lowest BCUT2D eigenvalue weighted by Crippen LogP contribution is -2.29. The molecule has 0 aliphatic carbocycles. The minimum absolute atomic E-state index is 0.0387. The van der Waals surface area contributed by atoms with Crippen LogP contribution in [0.25, 0.3) is 11.0 Å². The quantitative estimate of drug-likeness (QED) is 0.652. The third kappa shape index (κ3) is 2.32. The maximum absolute atomic E-state index is 12.8. The van der Waals surface area contributed by atoms with E-state index in [1.807, 2.05) is 17.0 Å². The summed E-state index contributed by atoms with van der Waals surface area (Å²) >= 11 is 7.69. The number of rotatable bonds is 2. The molecule has 0 spiro atoms. The molecule has 0 radical (unpaired) electrons. The lowest BCUT2D eigenvalue weighted by Gasteiger charge is -2.22. The molecule has 3 aromatic rings. The number of fused-ring (bicyclic) bond motifs is 1. The van der Waals surface area contributed by atoms with Gasteiger partial charge in [0.25, 0.3) is 5.91 Å². The van der Waals surface area contributed by atoms with Gasteiger partial charge < -0.3 is 9.32 Å². The van der Waals surface area contributed by atoms with E-state index in [1.165, 1.54) is 4.88 Å². The highest BCUT2D eigenvalue weighted by Crippen LogP contribution is 2.36. The number of hydrogen-bond acceptors (Lipinski definition) is 3. The van der Waals surface area contributed by atoms with Gasteiger partial charge in [-0.2, -0.15) is 0 Å². The van der Waals surface area contributed by atoms with Crippen LogP contribution in [0.2, 0.25) is 5.02 Å². The van der Waals surface area contributed by atoms with Crippen LogP contribution in [0.4, 0.5) is 0 Å². The number of thiophene rings is 1. The SMILES string of the molecule is O=C(c1cc2cc(Cl)ccc2o1)N1CCC[C@H]1c1cccs1. The highest BCUT2D eigenvalue weighted by molar-refractivity contribution is 7.10. The summed E-state index contributed by atoms with van der Waals surface area (Å²) in [5.74, 6) is 0.351. The fourth-order valence-electron chi connectivity index (χ4n) is 3.05. The van der Waals surface area contributed by atoms with Gasteiger partial charge in [0.1, 0.15) is 5.58 Å². The second kappa shape index (κ2) is 5.45. The van der Waals surface area contributed by atoms with Gasteiger partial charge in [-0.15, -0.1) is 11.3 Å². The Morgan fingerprint density at radius 1 is 1.32 bits per heavy atom. The Morgan fingerprint density at radius 2 is 2.23 bits per heavy atom. The van der Waals surface area contributed by atoms with E-state index in [4.69, 9.17) is 16.0 Å². The second-order valence-corrected chi connectivity index (χ2v) is 6.88. The number of amides is 1. The summed E-state index contributed by atoms with van der Waals surface area (Å²) in [5, 5.41) is 3.56. The summed E-state index contributed by atoms with van der Waals surface area (Å²) in [6.07, 6.45) is 2.04. The third-order valence-electron chi connectivity index (χ3n) is 4.07. The second-order valence-electron chi connectivity index (χ2n) is 5.46. The van der Waals surface area contributed by atoms with Gasteiger partial charge >= 0.3 is 0 Å². The maximum Gasteiger partial charge on any atom is 0.290 e. The zero-order valence-electron chi connectivity index (χ0n) is 11.8. The Balaban J connectivity index is 1.67. The van der Waals surface area contributed by atoms with Crippen molar-refractivity contribution in [3.05, 3.63) is 57.4 Å². The third-order valence-corrected chi connectivity index (χ3v) is 5.28. The summed E-state index contributed by atoms with van der Waals surface area (Å²) in [6, 6.07) is 11.5. The Morgan fingerprint density at radius 3 is 3.05 bits per heavy atom. The van der Waals surface area contributed by atoms with Crippen LogP contribution >= 0.6 is 22.9 Å². The standard InChI is InChI=1S/C17H14ClNO2S/c18-12-5-6-14-11(9-12)10-15(21-14)17(20)19-7-1-3-13(19)16-4-2-8-22-16/h2,4-6,8-10,13H,1,3,7H2/t13-/m0/s1. The number of halogens is 1. The van der Waals surface area contributed by atoms with E-state index in [1.54, 1.807) is 29.5 Å². The predicted octanol–water partition coefficient (Wildman–Crippen LogP) is 5.13. The van der Waals surface area contributed by atoms with Crippen molar-refractivity contribution in [2.24, 2.45) is 0 Å². The zero-order chi connectivity index (χ0) is 15.1. The predicted molar refractivity (Wildman–Crippen MR) is 88.6 cm³/mol. The molecular weight excluding hydrogens is 318 g/mol. The minimum Gasteiger partial charge on any atom is -0.451 e. The molecule has 1 fully saturated rings. The van der Waals surface area contributed by atoms with Gasteiger partial charge in [-0.3, -0.25) is 4.79 Å². The molecule has 0 bridgehead atoms. The fraction of sp³-hybridized carbons (Fsp3) is 0.235. The van der Waals surface area contributed by atoms with E-state index in [-0.39, 0.29) is 11.9 Å². The lowest BCUT2D eigenvalue weighted by molar-refractivity contribution is 0.0708. The van der Waals surface area contributed by atoms with Gasteiger partial charge in [0.2, 0.25) is 0 Å². The van der Waals surface area contributed by atoms with Crippen molar-refractivity contribution in [1.29, 1.82) is 0 Å². The summed E-state index contributed by atoms with van der Waals surface area (Å²) in [5.41, 5.74) is 0.694. The summed E-state index contributed by atoms with van der Waals surface area (Å²) in [6.45, 7) is 0.777. The molecule has 2 aromatic heterocycles. The number of carbonyl (C=O) groups excluding carboxylic acids is 1. The molecule has 112 valence electrons. The van der Waals surface area contributed by atoms with Crippen molar-refractivity contribution in [1.82, 2.24) is 4.90 Å². The summed E-state index contributed by atoms with van der Waals surface area (Å²) < 4.78 is 5.72. The molecule has 22 heavy (non-hydrogen) atoms. The first-order chi connectivity index (χ1) is 10.7. The van der Waals surface area contributed by atoms with E-state index in [0.29, 0.717) is 16.4 Å². The Bertz CT molecular complexity index is 824. The van der Waals surface area contributed by atoms with Crippen LogP contribution in [-0.4, -0.2) is 17.4 Å². The van der Waals surface area contributed by atoms with Crippen molar-refractivity contribution in [3.63, 3.8) is 0 Å². The smallest absolute Gasteiger partial charge is 0.290 e. The molecule has 3 heterocycles. The van der Waals surface area contributed by atoms with Crippen molar-refractivity contribution in [3.8, 4) is 0 Å². The number of likely N-dealkylation sites (tertiary alicyclic amines) is 1. The monoisotopic (exact) mass is 331 g/mol. The van der Waals surface area contributed by atoms with E-state index in [0.717, 1.165) is 24.8 Å². The molecule has 1 aliphatic rings. The van der Waals surface area contributed by atoms with Crippen LogP contribution in [-0.2, 0) is 0 Å². The first-order valence-electron chi connectivity index (χ1n) is 7.26. The van der Waals surface area contributed by atoms with Crippen LogP contribution in [0.3, 0.4) is 0 Å². The van der Waals surface area contributed by atoms with Crippen LogP contribution in [0.15, 0.2) is 46.2 Å². The fourth-order valence-corrected chi connectivity index (χ4v) is 4.10. The number of hydrogen-bond donors (Lipinski definition) is 0. The molecule has 3 nitrogen and oxygen atoms in total. The summed E-state index contributed by atoms with van der Waals surface area (Å²) in [4.78, 5) is 16.0. The van der Waals surface area contributed by atoms with Gasteiger partial charge in [0.15, 0.2) is 5.76 Å². The van der Waals surface area contributed by atoms with Crippen molar-refractivity contribution in [2.75, 3.05) is 6.54 Å². The Labute approximate surface area is 137 Å². The molecule has 1 amide bonds.